The minimum atomic E-state index is -0.0677. The van der Waals surface area contributed by atoms with E-state index in [1.165, 1.54) is 12.1 Å². The monoisotopic (exact) mass is 187 g/mol. The third kappa shape index (κ3) is 1.61. The molecule has 1 aromatic carbocycles. The van der Waals surface area contributed by atoms with Crippen LogP contribution in [0.4, 0.5) is 0 Å². The van der Waals surface area contributed by atoms with E-state index in [0.29, 0.717) is 4.47 Å². The third-order valence-corrected chi connectivity index (χ3v) is 1.23. The Morgan fingerprint density at radius 2 is 2.00 bits per heavy atom. The van der Waals surface area contributed by atoms with Gasteiger partial charge >= 0.3 is 0 Å². The maximum Gasteiger partial charge on any atom is 0.128 e. The van der Waals surface area contributed by atoms with Gasteiger partial charge in [0, 0.05) is 16.6 Å². The van der Waals surface area contributed by atoms with Crippen LogP contribution in [0.1, 0.15) is 0 Å². The normalized spacial score (nSPS) is 9.44. The van der Waals surface area contributed by atoms with Gasteiger partial charge in [0.15, 0.2) is 0 Å². The summed E-state index contributed by atoms with van der Waals surface area (Å²) in [6.45, 7) is 0. The first-order chi connectivity index (χ1) is 4.18. The van der Waals surface area contributed by atoms with Gasteiger partial charge in [0.25, 0.3) is 0 Å². The number of halogens is 1. The fourth-order valence-corrected chi connectivity index (χ4v) is 0.944. The molecule has 0 spiro atoms. The predicted molar refractivity (Wildman–Crippen MR) is 36.3 cm³/mol. The highest BCUT2D eigenvalue weighted by atomic mass is 79.9. The smallest absolute Gasteiger partial charge is 0.128 e. The van der Waals surface area contributed by atoms with Gasteiger partial charge < -0.3 is 10.2 Å². The van der Waals surface area contributed by atoms with Crippen molar-refractivity contribution in [2.45, 2.75) is 0 Å². The summed E-state index contributed by atoms with van der Waals surface area (Å²) in [7, 11) is 0. The zero-order valence-corrected chi connectivity index (χ0v) is 6.01. The first kappa shape index (κ1) is 6.42. The molecule has 2 N–H and O–H groups in total. The molecule has 1 radical (unpaired) electrons. The SMILES string of the molecule is Oc1[c]c(Br)cc(O)c1. The highest BCUT2D eigenvalue weighted by Crippen LogP contribution is 2.22. The Morgan fingerprint density at radius 1 is 1.33 bits per heavy atom. The van der Waals surface area contributed by atoms with Crippen LogP contribution in [0, 0.1) is 6.07 Å². The van der Waals surface area contributed by atoms with E-state index in [9.17, 15) is 0 Å². The lowest BCUT2D eigenvalue weighted by Gasteiger charge is -1.92. The average molecular weight is 188 g/mol. The van der Waals surface area contributed by atoms with Crippen molar-refractivity contribution in [2.24, 2.45) is 0 Å². The molecule has 0 heterocycles. The Bertz CT molecular complexity index is 172. The molecule has 47 valence electrons. The van der Waals surface area contributed by atoms with E-state index in [4.69, 9.17) is 10.2 Å². The number of hydrogen-bond acceptors (Lipinski definition) is 2. The van der Waals surface area contributed by atoms with Crippen LogP contribution < -0.4 is 0 Å². The molecule has 0 unspecified atom stereocenters. The van der Waals surface area contributed by atoms with E-state index >= 15 is 0 Å². The molecular weight excluding hydrogens is 184 g/mol. The lowest BCUT2D eigenvalue weighted by atomic mass is 10.3. The third-order valence-electron chi connectivity index (χ3n) is 0.807. The molecule has 0 atom stereocenters. The quantitative estimate of drug-likeness (QED) is 0.649. The van der Waals surface area contributed by atoms with Crippen LogP contribution in [0.25, 0.3) is 0 Å². The van der Waals surface area contributed by atoms with Crippen LogP contribution >= 0.6 is 15.9 Å². The summed E-state index contributed by atoms with van der Waals surface area (Å²) in [4.78, 5) is 0. The second kappa shape index (κ2) is 2.27. The number of aromatic hydroxyl groups is 2. The molecular formula is C6H4BrO2. The number of hydrogen-bond donors (Lipinski definition) is 2. The number of rotatable bonds is 0. The maximum atomic E-state index is 8.78. The molecule has 0 saturated heterocycles. The molecule has 0 fully saturated rings. The second-order valence-electron chi connectivity index (χ2n) is 1.57. The van der Waals surface area contributed by atoms with Crippen molar-refractivity contribution in [3.8, 4) is 11.5 Å². The molecule has 0 aliphatic heterocycles. The Labute approximate surface area is 60.9 Å². The Morgan fingerprint density at radius 3 is 2.44 bits per heavy atom. The van der Waals surface area contributed by atoms with Crippen molar-refractivity contribution in [2.75, 3.05) is 0 Å². The van der Waals surface area contributed by atoms with Crippen molar-refractivity contribution in [1.82, 2.24) is 0 Å². The van der Waals surface area contributed by atoms with Crippen LogP contribution in [0.2, 0.25) is 0 Å². The summed E-state index contributed by atoms with van der Waals surface area (Å²) in [6.07, 6.45) is 0. The topological polar surface area (TPSA) is 40.5 Å². The lowest BCUT2D eigenvalue weighted by molar-refractivity contribution is 0.449. The van der Waals surface area contributed by atoms with Gasteiger partial charge in [-0.3, -0.25) is 0 Å². The van der Waals surface area contributed by atoms with E-state index in [1.54, 1.807) is 0 Å². The Hall–Kier alpha value is -0.700. The van der Waals surface area contributed by atoms with E-state index in [1.807, 2.05) is 0 Å². The van der Waals surface area contributed by atoms with Crippen LogP contribution in [0.15, 0.2) is 16.6 Å². The maximum absolute atomic E-state index is 8.78. The summed E-state index contributed by atoms with van der Waals surface area (Å²) in [5, 5.41) is 17.5. The lowest BCUT2D eigenvalue weighted by Crippen LogP contribution is -1.67. The van der Waals surface area contributed by atoms with Gasteiger partial charge in [-0.05, 0) is 22.0 Å². The Kier molecular flexibility index (Phi) is 1.62. The molecule has 2 nitrogen and oxygen atoms in total. The number of phenolic OH excluding ortho intramolecular Hbond substituents is 2. The molecule has 3 heteroatoms. The van der Waals surface area contributed by atoms with Gasteiger partial charge in [0.05, 0.1) is 0 Å². The van der Waals surface area contributed by atoms with Crippen molar-refractivity contribution in [1.29, 1.82) is 0 Å². The van der Waals surface area contributed by atoms with Crippen LogP contribution in [-0.2, 0) is 0 Å². The van der Waals surface area contributed by atoms with Crippen LogP contribution in [0.3, 0.4) is 0 Å². The van der Waals surface area contributed by atoms with E-state index in [2.05, 4.69) is 22.0 Å². The molecule has 0 bridgehead atoms. The van der Waals surface area contributed by atoms with Gasteiger partial charge in [0.2, 0.25) is 0 Å². The average Bonchev–Trinajstić information content (AvgIpc) is 1.59. The molecule has 0 aliphatic rings. The second-order valence-corrected chi connectivity index (χ2v) is 2.43. The summed E-state index contributed by atoms with van der Waals surface area (Å²) in [5.41, 5.74) is 0. The van der Waals surface area contributed by atoms with Gasteiger partial charge in [-0.1, -0.05) is 0 Å². The summed E-state index contributed by atoms with van der Waals surface area (Å²) in [5.74, 6) is -0.0417. The fraction of sp³-hybridized carbons (Fsp3) is 0. The number of phenols is 2. The molecule has 0 aromatic heterocycles. The molecule has 1 aromatic rings. The largest absolute Gasteiger partial charge is 0.508 e. The summed E-state index contributed by atoms with van der Waals surface area (Å²) in [6, 6.07) is 5.18. The van der Waals surface area contributed by atoms with Gasteiger partial charge in [-0.2, -0.15) is 0 Å². The van der Waals surface area contributed by atoms with E-state index in [0.717, 1.165) is 0 Å². The predicted octanol–water partition coefficient (Wildman–Crippen LogP) is 1.66. The van der Waals surface area contributed by atoms with E-state index in [-0.39, 0.29) is 11.5 Å². The fourth-order valence-electron chi connectivity index (χ4n) is 0.506. The minimum absolute atomic E-state index is 0.0260. The van der Waals surface area contributed by atoms with Gasteiger partial charge in [-0.15, -0.1) is 0 Å². The standard InChI is InChI=1S/C6H4BrO2/c7-4-1-5(8)3-6(9)2-4/h1,3,8-9H. The van der Waals surface area contributed by atoms with Gasteiger partial charge in [-0.25, -0.2) is 0 Å². The minimum Gasteiger partial charge on any atom is -0.508 e. The summed E-state index contributed by atoms with van der Waals surface area (Å²) < 4.78 is 0.542. The van der Waals surface area contributed by atoms with Crippen molar-refractivity contribution in [3.05, 3.63) is 22.7 Å². The summed E-state index contributed by atoms with van der Waals surface area (Å²) >= 11 is 3.04. The number of benzene rings is 1. The molecule has 0 saturated carbocycles. The molecule has 0 aliphatic carbocycles. The Balaban J connectivity index is 3.17. The van der Waals surface area contributed by atoms with Crippen molar-refractivity contribution < 1.29 is 10.2 Å². The zero-order chi connectivity index (χ0) is 6.85. The van der Waals surface area contributed by atoms with Crippen molar-refractivity contribution in [3.63, 3.8) is 0 Å². The van der Waals surface area contributed by atoms with E-state index < -0.39 is 0 Å². The zero-order valence-electron chi connectivity index (χ0n) is 4.43. The first-order valence-electron chi connectivity index (χ1n) is 2.29. The highest BCUT2D eigenvalue weighted by Gasteiger charge is 1.94. The molecule has 0 amide bonds. The first-order valence-corrected chi connectivity index (χ1v) is 3.08. The molecule has 1 rings (SSSR count). The van der Waals surface area contributed by atoms with Crippen LogP contribution in [-0.4, -0.2) is 10.2 Å². The molecule has 9 heavy (non-hydrogen) atoms. The van der Waals surface area contributed by atoms with Gasteiger partial charge in [0.1, 0.15) is 11.5 Å². The highest BCUT2D eigenvalue weighted by molar-refractivity contribution is 9.10. The van der Waals surface area contributed by atoms with Crippen molar-refractivity contribution >= 4 is 15.9 Å². The van der Waals surface area contributed by atoms with Crippen LogP contribution in [0.5, 0.6) is 11.5 Å².